The molecule has 164 valence electrons. The Kier molecular flexibility index (Phi) is 7.14. The van der Waals surface area contributed by atoms with E-state index in [1.165, 1.54) is 18.5 Å². The van der Waals surface area contributed by atoms with Gasteiger partial charge >= 0.3 is 0 Å². The van der Waals surface area contributed by atoms with Crippen molar-refractivity contribution in [3.63, 3.8) is 0 Å². The SMILES string of the molecule is OCc1cc2ncnc(Nc3ccc(F)c(Cl)c3)c2cc1OCCCN1CC[NH2+]CC1. The first-order valence-electron chi connectivity index (χ1n) is 10.4. The van der Waals surface area contributed by atoms with E-state index in [4.69, 9.17) is 16.3 Å². The average molecular weight is 447 g/mol. The Hall–Kier alpha value is -2.52. The zero-order chi connectivity index (χ0) is 21.6. The molecule has 0 unspecified atom stereocenters. The predicted molar refractivity (Wildman–Crippen MR) is 118 cm³/mol. The maximum Gasteiger partial charge on any atom is 0.141 e. The molecule has 3 aromatic rings. The highest BCUT2D eigenvalue weighted by molar-refractivity contribution is 6.31. The van der Waals surface area contributed by atoms with Gasteiger partial charge in [0, 0.05) is 36.3 Å². The summed E-state index contributed by atoms with van der Waals surface area (Å²) in [5.41, 5.74) is 1.96. The van der Waals surface area contributed by atoms with E-state index in [1.807, 2.05) is 6.07 Å². The molecule has 0 radical (unpaired) electrons. The fraction of sp³-hybridized carbons (Fsp3) is 0.364. The molecule has 0 atom stereocenters. The molecule has 0 saturated carbocycles. The molecule has 1 aromatic heterocycles. The second-order valence-corrected chi connectivity index (χ2v) is 7.93. The van der Waals surface area contributed by atoms with Gasteiger partial charge in [-0.25, -0.2) is 14.4 Å². The summed E-state index contributed by atoms with van der Waals surface area (Å²) in [6.07, 6.45) is 2.35. The molecule has 0 amide bonds. The summed E-state index contributed by atoms with van der Waals surface area (Å²) in [6.45, 7) is 5.92. The van der Waals surface area contributed by atoms with E-state index in [0.717, 1.165) is 44.5 Å². The van der Waals surface area contributed by atoms with Gasteiger partial charge in [0.25, 0.3) is 0 Å². The molecule has 4 rings (SSSR count). The summed E-state index contributed by atoms with van der Waals surface area (Å²) in [6, 6.07) is 8.03. The molecular weight excluding hydrogens is 421 g/mol. The summed E-state index contributed by atoms with van der Waals surface area (Å²) in [4.78, 5) is 11.1. The molecule has 0 aliphatic carbocycles. The maximum absolute atomic E-state index is 13.5. The molecule has 7 nitrogen and oxygen atoms in total. The number of ether oxygens (including phenoxy) is 1. The Morgan fingerprint density at radius 3 is 2.81 bits per heavy atom. The van der Waals surface area contributed by atoms with Crippen LogP contribution in [0.25, 0.3) is 10.9 Å². The molecule has 4 N–H and O–H groups in total. The number of nitrogens with two attached hydrogens (primary N) is 1. The van der Waals surface area contributed by atoms with Crippen molar-refractivity contribution in [1.29, 1.82) is 0 Å². The van der Waals surface area contributed by atoms with Gasteiger partial charge < -0.3 is 20.5 Å². The molecule has 1 aliphatic rings. The molecule has 9 heteroatoms. The normalized spacial score (nSPS) is 14.7. The van der Waals surface area contributed by atoms with Crippen LogP contribution in [0.1, 0.15) is 12.0 Å². The number of nitrogens with one attached hydrogen (secondary N) is 1. The Morgan fingerprint density at radius 1 is 1.19 bits per heavy atom. The van der Waals surface area contributed by atoms with E-state index >= 15 is 0 Å². The lowest BCUT2D eigenvalue weighted by molar-refractivity contribution is -0.663. The summed E-state index contributed by atoms with van der Waals surface area (Å²) in [7, 11) is 0. The maximum atomic E-state index is 13.5. The Morgan fingerprint density at radius 2 is 2.03 bits per heavy atom. The Bertz CT molecular complexity index is 1050. The summed E-state index contributed by atoms with van der Waals surface area (Å²) in [5, 5.41) is 16.1. The van der Waals surface area contributed by atoms with Crippen LogP contribution in [-0.2, 0) is 6.61 Å². The predicted octanol–water partition coefficient (Wildman–Crippen LogP) is 2.31. The van der Waals surface area contributed by atoms with Crippen molar-refractivity contribution in [2.24, 2.45) is 0 Å². The lowest BCUT2D eigenvalue weighted by atomic mass is 10.1. The third-order valence-electron chi connectivity index (χ3n) is 5.35. The lowest BCUT2D eigenvalue weighted by Gasteiger charge is -2.24. The van der Waals surface area contributed by atoms with E-state index in [9.17, 15) is 9.50 Å². The van der Waals surface area contributed by atoms with E-state index in [1.54, 1.807) is 12.1 Å². The van der Waals surface area contributed by atoms with Gasteiger partial charge in [-0.15, -0.1) is 0 Å². The Labute approximate surface area is 185 Å². The van der Waals surface area contributed by atoms with Gasteiger partial charge in [-0.2, -0.15) is 0 Å². The number of benzene rings is 2. The van der Waals surface area contributed by atoms with Crippen molar-refractivity contribution in [3.05, 3.63) is 53.1 Å². The highest BCUT2D eigenvalue weighted by Gasteiger charge is 2.13. The van der Waals surface area contributed by atoms with Gasteiger partial charge in [0.1, 0.15) is 23.7 Å². The molecule has 31 heavy (non-hydrogen) atoms. The smallest absolute Gasteiger partial charge is 0.141 e. The Balaban J connectivity index is 1.51. The molecule has 1 aliphatic heterocycles. The van der Waals surface area contributed by atoms with E-state index in [0.29, 0.717) is 34.9 Å². The molecule has 1 fully saturated rings. The highest BCUT2D eigenvalue weighted by atomic mass is 35.5. The second-order valence-electron chi connectivity index (χ2n) is 7.52. The number of hydrogen-bond acceptors (Lipinski definition) is 6. The molecule has 1 saturated heterocycles. The number of aromatic nitrogens is 2. The van der Waals surface area contributed by atoms with E-state index < -0.39 is 5.82 Å². The van der Waals surface area contributed by atoms with Crippen LogP contribution in [0.3, 0.4) is 0 Å². The van der Waals surface area contributed by atoms with Crippen molar-refractivity contribution in [1.82, 2.24) is 14.9 Å². The first kappa shape index (κ1) is 21.7. The van der Waals surface area contributed by atoms with Gasteiger partial charge in [0.2, 0.25) is 0 Å². The number of halogens is 2. The monoisotopic (exact) mass is 446 g/mol. The number of anilines is 2. The zero-order valence-electron chi connectivity index (χ0n) is 17.2. The average Bonchev–Trinajstić information content (AvgIpc) is 2.79. The summed E-state index contributed by atoms with van der Waals surface area (Å²) < 4.78 is 19.5. The van der Waals surface area contributed by atoms with Crippen molar-refractivity contribution >= 4 is 34.0 Å². The fourth-order valence-electron chi connectivity index (χ4n) is 3.69. The quantitative estimate of drug-likeness (QED) is 0.460. The van der Waals surface area contributed by atoms with Gasteiger partial charge in [-0.05, 0) is 36.8 Å². The van der Waals surface area contributed by atoms with Crippen LogP contribution in [0.15, 0.2) is 36.7 Å². The number of fused-ring (bicyclic) bond motifs is 1. The number of nitrogens with zero attached hydrogens (tertiary/aromatic N) is 3. The summed E-state index contributed by atoms with van der Waals surface area (Å²) >= 11 is 5.89. The summed E-state index contributed by atoms with van der Waals surface area (Å²) in [5.74, 6) is 0.675. The number of aliphatic hydroxyl groups is 1. The van der Waals surface area contributed by atoms with Crippen molar-refractivity contribution in [2.45, 2.75) is 13.0 Å². The molecule has 0 spiro atoms. The van der Waals surface area contributed by atoms with Crippen molar-refractivity contribution in [2.75, 3.05) is 44.6 Å². The minimum atomic E-state index is -0.481. The number of rotatable bonds is 8. The number of quaternary nitrogens is 1. The topological polar surface area (TPSA) is 87.1 Å². The second kappa shape index (κ2) is 10.2. The van der Waals surface area contributed by atoms with Gasteiger partial charge in [0.05, 0.1) is 36.8 Å². The van der Waals surface area contributed by atoms with Crippen molar-refractivity contribution < 1.29 is 19.6 Å². The van der Waals surface area contributed by atoms with Crippen LogP contribution in [0, 0.1) is 5.82 Å². The van der Waals surface area contributed by atoms with E-state index in [-0.39, 0.29) is 11.6 Å². The van der Waals surface area contributed by atoms with Gasteiger partial charge in [-0.1, -0.05) is 11.6 Å². The van der Waals surface area contributed by atoms with Crippen LogP contribution in [-0.4, -0.2) is 59.3 Å². The third kappa shape index (κ3) is 5.40. The van der Waals surface area contributed by atoms with Crippen LogP contribution >= 0.6 is 11.6 Å². The molecule has 0 bridgehead atoms. The number of hydrogen-bond donors (Lipinski definition) is 3. The van der Waals surface area contributed by atoms with Crippen LogP contribution < -0.4 is 15.4 Å². The van der Waals surface area contributed by atoms with Crippen LogP contribution in [0.2, 0.25) is 5.02 Å². The van der Waals surface area contributed by atoms with Crippen LogP contribution in [0.4, 0.5) is 15.9 Å². The number of aliphatic hydroxyl groups excluding tert-OH is 1. The third-order valence-corrected chi connectivity index (χ3v) is 5.64. The lowest BCUT2D eigenvalue weighted by Crippen LogP contribution is -2.89. The molecule has 2 aromatic carbocycles. The first-order chi connectivity index (χ1) is 15.1. The first-order valence-corrected chi connectivity index (χ1v) is 10.8. The minimum absolute atomic E-state index is 0.0292. The fourth-order valence-corrected chi connectivity index (χ4v) is 3.87. The standard InChI is InChI=1S/C22H25ClFN5O2/c23-18-11-16(2-3-19(18)24)28-22-17-12-21(15(13-30)10-20(17)26-14-27-22)31-9-1-6-29-7-4-25-5-8-29/h2-3,10-12,14,25,30H,1,4-9,13H2,(H,26,27,28)/p+1. The van der Waals surface area contributed by atoms with E-state index in [2.05, 4.69) is 25.5 Å². The van der Waals surface area contributed by atoms with Gasteiger partial charge in [-0.3, -0.25) is 4.90 Å². The zero-order valence-corrected chi connectivity index (χ0v) is 17.9. The highest BCUT2D eigenvalue weighted by Crippen LogP contribution is 2.31. The number of piperazine rings is 1. The molecule has 2 heterocycles. The molecular formula is C22H26ClFN5O2+. The van der Waals surface area contributed by atoms with Crippen molar-refractivity contribution in [3.8, 4) is 5.75 Å². The van der Waals surface area contributed by atoms with Crippen LogP contribution in [0.5, 0.6) is 5.75 Å². The largest absolute Gasteiger partial charge is 0.493 e. The minimum Gasteiger partial charge on any atom is -0.493 e. The van der Waals surface area contributed by atoms with Gasteiger partial charge in [0.15, 0.2) is 0 Å².